The highest BCUT2D eigenvalue weighted by Gasteiger charge is 2.11. The van der Waals surface area contributed by atoms with E-state index in [4.69, 9.17) is 5.11 Å². The molecule has 12 heavy (non-hydrogen) atoms. The van der Waals surface area contributed by atoms with Crippen LogP contribution in [0, 0.1) is 10.1 Å². The van der Waals surface area contributed by atoms with Crippen LogP contribution in [0.15, 0.2) is 12.5 Å². The first-order chi connectivity index (χ1) is 5.75. The van der Waals surface area contributed by atoms with Gasteiger partial charge < -0.3 is 15.2 Å². The van der Waals surface area contributed by atoms with Crippen LogP contribution in [0.1, 0.15) is 6.42 Å². The zero-order chi connectivity index (χ0) is 8.97. The van der Waals surface area contributed by atoms with Gasteiger partial charge in [0, 0.05) is 13.0 Å². The molecule has 66 valence electrons. The summed E-state index contributed by atoms with van der Waals surface area (Å²) in [5.74, 6) is -0.0385. The monoisotopic (exact) mass is 171 g/mol. The number of rotatable bonds is 4. The lowest BCUT2D eigenvalue weighted by atomic mass is 10.4. The maximum absolute atomic E-state index is 10.3. The lowest BCUT2D eigenvalue weighted by Crippen LogP contribution is -2.02. The lowest BCUT2D eigenvalue weighted by Gasteiger charge is -1.97. The highest BCUT2D eigenvalue weighted by molar-refractivity contribution is 5.14. The zero-order valence-corrected chi connectivity index (χ0v) is 6.38. The molecule has 0 aromatic carbocycles. The van der Waals surface area contributed by atoms with Crippen molar-refractivity contribution in [1.82, 2.24) is 9.55 Å². The van der Waals surface area contributed by atoms with Crippen LogP contribution in [0.2, 0.25) is 0 Å². The molecule has 1 aromatic heterocycles. The molecule has 6 nitrogen and oxygen atoms in total. The number of hydrogen-bond donors (Lipinski definition) is 1. The molecule has 1 heterocycles. The van der Waals surface area contributed by atoms with Gasteiger partial charge in [-0.25, -0.2) is 9.55 Å². The van der Waals surface area contributed by atoms with Gasteiger partial charge in [0.15, 0.2) is 6.33 Å². The molecule has 0 saturated heterocycles. The molecule has 0 aliphatic rings. The number of nitro groups is 1. The lowest BCUT2D eigenvalue weighted by molar-refractivity contribution is -0.392. The van der Waals surface area contributed by atoms with E-state index in [1.807, 2.05) is 0 Å². The molecular weight excluding hydrogens is 162 g/mol. The summed E-state index contributed by atoms with van der Waals surface area (Å²) < 4.78 is 1.40. The third-order valence-corrected chi connectivity index (χ3v) is 1.43. The molecule has 0 saturated carbocycles. The Kier molecular flexibility index (Phi) is 2.76. The second-order valence-corrected chi connectivity index (χ2v) is 2.28. The molecule has 1 N–H and O–H groups in total. The van der Waals surface area contributed by atoms with Crippen LogP contribution in [0.5, 0.6) is 0 Å². The second-order valence-electron chi connectivity index (χ2n) is 2.28. The number of aromatic nitrogens is 2. The Hall–Kier alpha value is -1.43. The van der Waals surface area contributed by atoms with Gasteiger partial charge in [-0.2, -0.15) is 0 Å². The molecule has 0 unspecified atom stereocenters. The summed E-state index contributed by atoms with van der Waals surface area (Å²) in [5.41, 5.74) is 0. The number of aliphatic hydroxyl groups is 1. The van der Waals surface area contributed by atoms with Gasteiger partial charge in [-0.1, -0.05) is 0 Å². The predicted molar refractivity (Wildman–Crippen MR) is 40.6 cm³/mol. The van der Waals surface area contributed by atoms with Gasteiger partial charge in [0.05, 0.1) is 6.54 Å². The Bertz CT molecular complexity index is 271. The SMILES string of the molecule is O=[N+]([O-])c1cncn1CCCO. The third-order valence-electron chi connectivity index (χ3n) is 1.43. The van der Waals surface area contributed by atoms with Crippen molar-refractivity contribution in [1.29, 1.82) is 0 Å². The Labute approximate surface area is 68.6 Å². The van der Waals surface area contributed by atoms with Crippen LogP contribution in [0.4, 0.5) is 5.82 Å². The molecule has 0 atom stereocenters. The van der Waals surface area contributed by atoms with Gasteiger partial charge in [-0.3, -0.25) is 0 Å². The van der Waals surface area contributed by atoms with Gasteiger partial charge in [0.1, 0.15) is 6.20 Å². The predicted octanol–water partition coefficient (Wildman–Crippen LogP) is 0.174. The summed E-state index contributed by atoms with van der Waals surface area (Å²) >= 11 is 0. The Balaban J connectivity index is 2.70. The maximum atomic E-state index is 10.3. The topological polar surface area (TPSA) is 81.2 Å². The van der Waals surface area contributed by atoms with E-state index in [9.17, 15) is 10.1 Å². The number of aliphatic hydroxyl groups excluding tert-OH is 1. The van der Waals surface area contributed by atoms with Crippen molar-refractivity contribution in [2.75, 3.05) is 6.61 Å². The minimum atomic E-state index is -0.496. The molecule has 0 bridgehead atoms. The van der Waals surface area contributed by atoms with E-state index in [1.54, 1.807) is 0 Å². The zero-order valence-electron chi connectivity index (χ0n) is 6.38. The van der Waals surface area contributed by atoms with Crippen LogP contribution in [0.3, 0.4) is 0 Å². The first-order valence-electron chi connectivity index (χ1n) is 3.51. The molecule has 1 rings (SSSR count). The van der Waals surface area contributed by atoms with Gasteiger partial charge in [-0.05, 0) is 4.92 Å². The average Bonchev–Trinajstić information content (AvgIpc) is 2.48. The van der Waals surface area contributed by atoms with Gasteiger partial charge >= 0.3 is 5.82 Å². The fourth-order valence-electron chi connectivity index (χ4n) is 0.879. The van der Waals surface area contributed by atoms with E-state index in [2.05, 4.69) is 4.98 Å². The average molecular weight is 171 g/mol. The van der Waals surface area contributed by atoms with Crippen LogP contribution in [0.25, 0.3) is 0 Å². The number of aryl methyl sites for hydroxylation is 1. The summed E-state index contributed by atoms with van der Waals surface area (Å²) in [6.45, 7) is 0.447. The summed E-state index contributed by atoms with van der Waals surface area (Å²) in [6.07, 6.45) is 3.07. The quantitative estimate of drug-likeness (QED) is 0.517. The summed E-state index contributed by atoms with van der Waals surface area (Å²) in [6, 6.07) is 0. The molecule has 0 spiro atoms. The van der Waals surface area contributed by atoms with Crippen LogP contribution in [-0.2, 0) is 6.54 Å². The van der Waals surface area contributed by atoms with Crippen LogP contribution in [-0.4, -0.2) is 26.2 Å². The molecule has 6 heteroatoms. The molecule has 0 aliphatic carbocycles. The molecule has 1 aromatic rings. The first kappa shape index (κ1) is 8.66. The normalized spacial score (nSPS) is 10.1. The van der Waals surface area contributed by atoms with E-state index in [0.717, 1.165) is 0 Å². The smallest absolute Gasteiger partial charge is 0.342 e. The van der Waals surface area contributed by atoms with E-state index < -0.39 is 4.92 Å². The van der Waals surface area contributed by atoms with Crippen molar-refractivity contribution >= 4 is 5.82 Å². The van der Waals surface area contributed by atoms with Crippen molar-refractivity contribution < 1.29 is 10.0 Å². The Morgan fingerprint density at radius 3 is 3.08 bits per heavy atom. The van der Waals surface area contributed by atoms with Crippen LogP contribution >= 0.6 is 0 Å². The summed E-state index contributed by atoms with van der Waals surface area (Å²) in [5, 5.41) is 18.8. The second kappa shape index (κ2) is 3.82. The number of imidazole rings is 1. The van der Waals surface area contributed by atoms with Crippen molar-refractivity contribution in [2.45, 2.75) is 13.0 Å². The molecule has 0 fully saturated rings. The Morgan fingerprint density at radius 2 is 2.50 bits per heavy atom. The van der Waals surface area contributed by atoms with E-state index in [1.165, 1.54) is 17.1 Å². The highest BCUT2D eigenvalue weighted by Crippen LogP contribution is 2.09. The molecule has 0 aliphatic heterocycles. The molecule has 0 amide bonds. The fraction of sp³-hybridized carbons (Fsp3) is 0.500. The van der Waals surface area contributed by atoms with E-state index in [0.29, 0.717) is 13.0 Å². The summed E-state index contributed by atoms with van der Waals surface area (Å²) in [7, 11) is 0. The van der Waals surface area contributed by atoms with E-state index in [-0.39, 0.29) is 12.4 Å². The van der Waals surface area contributed by atoms with Crippen LogP contribution < -0.4 is 0 Å². The van der Waals surface area contributed by atoms with Crippen molar-refractivity contribution in [3.8, 4) is 0 Å². The standard InChI is InChI=1S/C6H9N3O3/c10-3-1-2-8-5-7-4-6(8)9(11)12/h4-5,10H,1-3H2. The van der Waals surface area contributed by atoms with Gasteiger partial charge in [0.25, 0.3) is 0 Å². The molecule has 0 radical (unpaired) electrons. The van der Waals surface area contributed by atoms with Gasteiger partial charge in [-0.15, -0.1) is 0 Å². The number of hydrogen-bond acceptors (Lipinski definition) is 4. The molecular formula is C6H9N3O3. The summed E-state index contributed by atoms with van der Waals surface area (Å²) in [4.78, 5) is 13.5. The first-order valence-corrected chi connectivity index (χ1v) is 3.51. The van der Waals surface area contributed by atoms with Crippen molar-refractivity contribution in [3.05, 3.63) is 22.6 Å². The van der Waals surface area contributed by atoms with Crippen molar-refractivity contribution in [3.63, 3.8) is 0 Å². The highest BCUT2D eigenvalue weighted by atomic mass is 16.6. The van der Waals surface area contributed by atoms with Crippen molar-refractivity contribution in [2.24, 2.45) is 0 Å². The van der Waals surface area contributed by atoms with E-state index >= 15 is 0 Å². The van der Waals surface area contributed by atoms with Gasteiger partial charge in [0.2, 0.25) is 0 Å². The minimum absolute atomic E-state index is 0.0231. The third kappa shape index (κ3) is 1.79. The maximum Gasteiger partial charge on any atom is 0.342 e. The minimum Gasteiger partial charge on any atom is -0.396 e. The largest absolute Gasteiger partial charge is 0.396 e. The fourth-order valence-corrected chi connectivity index (χ4v) is 0.879. The number of nitrogens with zero attached hydrogens (tertiary/aromatic N) is 3. The Morgan fingerprint density at radius 1 is 1.75 bits per heavy atom.